The lowest BCUT2D eigenvalue weighted by Crippen LogP contribution is -2.04. The molecule has 0 bridgehead atoms. The number of thiophene rings is 1. The maximum absolute atomic E-state index is 4.66. The molecule has 0 spiro atoms. The first-order chi connectivity index (χ1) is 8.74. The molecule has 0 aromatic carbocycles. The van der Waals surface area contributed by atoms with Gasteiger partial charge in [-0.15, -0.1) is 11.3 Å². The normalized spacial score (nSPS) is 10.6. The first-order valence-electron chi connectivity index (χ1n) is 6.01. The van der Waals surface area contributed by atoms with E-state index in [1.54, 1.807) is 23.1 Å². The van der Waals surface area contributed by atoms with Crippen molar-refractivity contribution >= 4 is 28.9 Å². The average molecular weight is 279 g/mol. The molecule has 0 aliphatic heterocycles. The Kier molecular flexibility index (Phi) is 4.60. The Labute approximate surface area is 116 Å². The monoisotopic (exact) mass is 279 g/mol. The second-order valence-electron chi connectivity index (χ2n) is 3.95. The summed E-state index contributed by atoms with van der Waals surface area (Å²) in [7, 11) is 1.91. The zero-order valence-corrected chi connectivity index (χ0v) is 12.5. The molecule has 0 amide bonds. The molecule has 0 radical (unpaired) electrons. The zero-order chi connectivity index (χ0) is 13.0. The van der Waals surface area contributed by atoms with E-state index in [-0.39, 0.29) is 0 Å². The van der Waals surface area contributed by atoms with E-state index in [4.69, 9.17) is 0 Å². The van der Waals surface area contributed by atoms with Crippen molar-refractivity contribution in [3.05, 3.63) is 28.9 Å². The Morgan fingerprint density at radius 1 is 1.39 bits per heavy atom. The quantitative estimate of drug-likeness (QED) is 0.840. The molecule has 2 rings (SSSR count). The van der Waals surface area contributed by atoms with Crippen LogP contribution in [-0.2, 0) is 6.42 Å². The van der Waals surface area contributed by atoms with Gasteiger partial charge in [0.15, 0.2) is 0 Å². The highest BCUT2D eigenvalue weighted by molar-refractivity contribution is 8.01. The molecule has 3 nitrogen and oxygen atoms in total. The minimum Gasteiger partial charge on any atom is -0.373 e. The van der Waals surface area contributed by atoms with Crippen LogP contribution in [0.25, 0.3) is 0 Å². The van der Waals surface area contributed by atoms with E-state index in [1.807, 2.05) is 7.05 Å². The van der Waals surface area contributed by atoms with E-state index < -0.39 is 0 Å². The van der Waals surface area contributed by atoms with Gasteiger partial charge >= 0.3 is 0 Å². The Balaban J connectivity index is 2.34. The molecule has 2 aromatic rings. The first-order valence-corrected chi connectivity index (χ1v) is 7.70. The van der Waals surface area contributed by atoms with Gasteiger partial charge in [0.2, 0.25) is 0 Å². The van der Waals surface area contributed by atoms with Crippen LogP contribution in [0.15, 0.2) is 26.7 Å². The first kappa shape index (κ1) is 13.4. The number of nitrogens with zero attached hydrogens (tertiary/aromatic N) is 2. The van der Waals surface area contributed by atoms with Crippen molar-refractivity contribution in [3.63, 3.8) is 0 Å². The van der Waals surface area contributed by atoms with Crippen molar-refractivity contribution in [2.45, 2.75) is 35.9 Å². The molecular formula is C13H17N3S2. The topological polar surface area (TPSA) is 37.8 Å². The van der Waals surface area contributed by atoms with Gasteiger partial charge in [-0.3, -0.25) is 0 Å². The molecule has 0 saturated heterocycles. The Morgan fingerprint density at radius 2 is 2.22 bits per heavy atom. The van der Waals surface area contributed by atoms with Gasteiger partial charge < -0.3 is 5.32 Å². The maximum atomic E-state index is 4.66. The molecule has 0 saturated carbocycles. The molecule has 0 aliphatic rings. The molecule has 0 aliphatic carbocycles. The number of nitrogens with one attached hydrogen (secondary N) is 1. The van der Waals surface area contributed by atoms with Gasteiger partial charge in [-0.1, -0.05) is 24.8 Å². The van der Waals surface area contributed by atoms with Gasteiger partial charge in [-0.05, 0) is 24.8 Å². The van der Waals surface area contributed by atoms with Gasteiger partial charge in [0.05, 0.1) is 4.21 Å². The molecule has 1 N–H and O–H groups in total. The molecule has 0 unspecified atom stereocenters. The van der Waals surface area contributed by atoms with Crippen molar-refractivity contribution in [1.29, 1.82) is 0 Å². The SMILES string of the molecule is CCCc1nc(NC)c(C)c(Sc2cccs2)n1. The van der Waals surface area contributed by atoms with Crippen LogP contribution < -0.4 is 5.32 Å². The van der Waals surface area contributed by atoms with E-state index in [2.05, 4.69) is 46.6 Å². The summed E-state index contributed by atoms with van der Waals surface area (Å²) in [5.74, 6) is 1.86. The van der Waals surface area contributed by atoms with Crippen LogP contribution in [-0.4, -0.2) is 17.0 Å². The summed E-state index contributed by atoms with van der Waals surface area (Å²) in [6, 6.07) is 4.19. The predicted octanol–water partition coefficient (Wildman–Crippen LogP) is 3.99. The molecule has 5 heteroatoms. The summed E-state index contributed by atoms with van der Waals surface area (Å²) in [4.78, 5) is 9.20. The summed E-state index contributed by atoms with van der Waals surface area (Å²) < 4.78 is 1.27. The summed E-state index contributed by atoms with van der Waals surface area (Å²) in [5.41, 5.74) is 1.12. The van der Waals surface area contributed by atoms with Crippen molar-refractivity contribution < 1.29 is 0 Å². The van der Waals surface area contributed by atoms with Gasteiger partial charge in [-0.25, -0.2) is 9.97 Å². The molecule has 2 heterocycles. The van der Waals surface area contributed by atoms with Crippen molar-refractivity contribution in [1.82, 2.24) is 9.97 Å². The van der Waals surface area contributed by atoms with Crippen LogP contribution in [0.5, 0.6) is 0 Å². The highest BCUT2D eigenvalue weighted by Gasteiger charge is 2.11. The lowest BCUT2D eigenvalue weighted by atomic mass is 10.3. The predicted molar refractivity (Wildman–Crippen MR) is 78.8 cm³/mol. The minimum absolute atomic E-state index is 0.923. The lowest BCUT2D eigenvalue weighted by Gasteiger charge is -2.10. The summed E-state index contributed by atoms with van der Waals surface area (Å²) in [6.07, 6.45) is 1.99. The minimum atomic E-state index is 0.923. The molecule has 0 atom stereocenters. The van der Waals surface area contributed by atoms with Crippen LogP contribution in [0.1, 0.15) is 24.7 Å². The summed E-state index contributed by atoms with van der Waals surface area (Å²) >= 11 is 3.46. The largest absolute Gasteiger partial charge is 0.373 e. The van der Waals surface area contributed by atoms with Gasteiger partial charge in [0.1, 0.15) is 16.7 Å². The Bertz CT molecular complexity index is 509. The van der Waals surface area contributed by atoms with Crippen LogP contribution >= 0.6 is 23.1 Å². The van der Waals surface area contributed by atoms with E-state index in [0.29, 0.717) is 0 Å². The third kappa shape index (κ3) is 3.03. The number of aromatic nitrogens is 2. The van der Waals surface area contributed by atoms with Crippen LogP contribution in [0.4, 0.5) is 5.82 Å². The third-order valence-electron chi connectivity index (χ3n) is 2.55. The Hall–Kier alpha value is -1.07. The smallest absolute Gasteiger partial charge is 0.133 e. The molecular weight excluding hydrogens is 262 g/mol. The van der Waals surface area contributed by atoms with Crippen LogP contribution in [0.3, 0.4) is 0 Å². The number of anilines is 1. The number of hydrogen-bond acceptors (Lipinski definition) is 5. The van der Waals surface area contributed by atoms with Gasteiger partial charge in [0.25, 0.3) is 0 Å². The average Bonchev–Trinajstić information content (AvgIpc) is 2.86. The van der Waals surface area contributed by atoms with E-state index in [9.17, 15) is 0 Å². The molecule has 0 fully saturated rings. The van der Waals surface area contributed by atoms with Crippen LogP contribution in [0.2, 0.25) is 0 Å². The summed E-state index contributed by atoms with van der Waals surface area (Å²) in [6.45, 7) is 4.21. The van der Waals surface area contributed by atoms with Crippen molar-refractivity contribution in [2.24, 2.45) is 0 Å². The van der Waals surface area contributed by atoms with Gasteiger partial charge in [0, 0.05) is 19.0 Å². The van der Waals surface area contributed by atoms with Crippen molar-refractivity contribution in [3.8, 4) is 0 Å². The van der Waals surface area contributed by atoms with E-state index in [0.717, 1.165) is 35.1 Å². The highest BCUT2D eigenvalue weighted by Crippen LogP contribution is 2.33. The zero-order valence-electron chi connectivity index (χ0n) is 10.9. The van der Waals surface area contributed by atoms with Crippen LogP contribution in [0, 0.1) is 6.92 Å². The standard InChI is InChI=1S/C13H17N3S2/c1-4-6-10-15-12(14-3)9(2)13(16-10)18-11-7-5-8-17-11/h5,7-8H,4,6H2,1-3H3,(H,14,15,16). The second-order valence-corrected chi connectivity index (χ2v) is 6.19. The second kappa shape index (κ2) is 6.20. The fourth-order valence-electron chi connectivity index (χ4n) is 1.64. The third-order valence-corrected chi connectivity index (χ3v) is 4.68. The Morgan fingerprint density at radius 3 is 2.83 bits per heavy atom. The highest BCUT2D eigenvalue weighted by atomic mass is 32.2. The number of rotatable bonds is 5. The van der Waals surface area contributed by atoms with E-state index >= 15 is 0 Å². The number of hydrogen-bond donors (Lipinski definition) is 1. The fourth-order valence-corrected chi connectivity index (χ4v) is 3.42. The summed E-state index contributed by atoms with van der Waals surface area (Å²) in [5, 5.41) is 6.30. The fraction of sp³-hybridized carbons (Fsp3) is 0.385. The van der Waals surface area contributed by atoms with Gasteiger partial charge in [-0.2, -0.15) is 0 Å². The van der Waals surface area contributed by atoms with E-state index in [1.165, 1.54) is 4.21 Å². The lowest BCUT2D eigenvalue weighted by molar-refractivity contribution is 0.804. The maximum Gasteiger partial charge on any atom is 0.133 e. The van der Waals surface area contributed by atoms with Crippen molar-refractivity contribution in [2.75, 3.05) is 12.4 Å². The molecule has 2 aromatic heterocycles. The molecule has 96 valence electrons. The number of aryl methyl sites for hydroxylation is 1. The molecule has 18 heavy (non-hydrogen) atoms.